The van der Waals surface area contributed by atoms with Gasteiger partial charge in [-0.1, -0.05) is 29.3 Å². The van der Waals surface area contributed by atoms with Crippen molar-refractivity contribution in [2.45, 2.75) is 18.9 Å². The van der Waals surface area contributed by atoms with Gasteiger partial charge in [-0.25, -0.2) is 9.37 Å². The topological polar surface area (TPSA) is 81.3 Å². The second-order valence-corrected chi connectivity index (χ2v) is 8.61. The number of pyridine rings is 2. The number of hydrogen-bond acceptors (Lipinski definition) is 5. The van der Waals surface area contributed by atoms with E-state index < -0.39 is 5.82 Å². The summed E-state index contributed by atoms with van der Waals surface area (Å²) in [6.07, 6.45) is 3.68. The highest BCUT2D eigenvalue weighted by Gasteiger charge is 2.40. The van der Waals surface area contributed by atoms with Crippen LogP contribution >= 0.6 is 23.2 Å². The van der Waals surface area contributed by atoms with E-state index in [4.69, 9.17) is 33.7 Å². The Morgan fingerprint density at radius 3 is 2.66 bits per heavy atom. The van der Waals surface area contributed by atoms with Crippen LogP contribution in [0.25, 0.3) is 0 Å². The first-order valence-corrected chi connectivity index (χ1v) is 10.8. The van der Waals surface area contributed by atoms with Gasteiger partial charge >= 0.3 is 0 Å². The zero-order valence-corrected chi connectivity index (χ0v) is 18.7. The molecule has 1 aliphatic heterocycles. The molecular weight excluding hydrogens is 454 g/mol. The van der Waals surface area contributed by atoms with Crippen LogP contribution in [0.5, 0.6) is 5.88 Å². The molecule has 0 saturated carbocycles. The fraction of sp³-hybridized carbons (Fsp3) is 0.261. The molecular formula is C23H21Cl2FN4O2. The van der Waals surface area contributed by atoms with Gasteiger partial charge in [0.1, 0.15) is 11.9 Å². The minimum Gasteiger partial charge on any atom is -0.474 e. The Morgan fingerprint density at radius 1 is 1.16 bits per heavy atom. The normalized spacial score (nSPS) is 19.1. The Labute approximate surface area is 195 Å². The van der Waals surface area contributed by atoms with Crippen molar-refractivity contribution in [1.29, 1.82) is 0 Å². The van der Waals surface area contributed by atoms with Crippen LogP contribution in [0.15, 0.2) is 55.0 Å². The van der Waals surface area contributed by atoms with Crippen molar-refractivity contribution in [3.63, 3.8) is 0 Å². The summed E-state index contributed by atoms with van der Waals surface area (Å²) in [6.45, 7) is 2.77. The van der Waals surface area contributed by atoms with E-state index in [1.54, 1.807) is 23.1 Å². The van der Waals surface area contributed by atoms with Crippen LogP contribution < -0.4 is 10.5 Å². The minimum atomic E-state index is -0.557. The number of likely N-dealkylation sites (tertiary alicyclic amines) is 1. The van der Waals surface area contributed by atoms with Crippen LogP contribution in [0, 0.1) is 11.7 Å². The zero-order valence-electron chi connectivity index (χ0n) is 17.2. The predicted octanol–water partition coefficient (Wildman–Crippen LogP) is 4.83. The lowest BCUT2D eigenvalue weighted by Gasteiger charge is -2.25. The van der Waals surface area contributed by atoms with Crippen molar-refractivity contribution in [1.82, 2.24) is 14.9 Å². The SMILES string of the molecule is C[C@H](Oc1ccc(N)cn1)[C@H]1CN(C(=O)c2cncc(F)c2)C[C@@H]1c1ccc(Cl)c(Cl)c1. The third-order valence-electron chi connectivity index (χ3n) is 5.64. The van der Waals surface area contributed by atoms with Crippen molar-refractivity contribution < 1.29 is 13.9 Å². The fourth-order valence-electron chi connectivity index (χ4n) is 4.02. The summed E-state index contributed by atoms with van der Waals surface area (Å²) in [6, 6.07) is 10.1. The first-order valence-electron chi connectivity index (χ1n) is 10.0. The molecule has 9 heteroatoms. The van der Waals surface area contributed by atoms with Crippen LogP contribution in [0.4, 0.5) is 10.1 Å². The van der Waals surface area contributed by atoms with E-state index in [1.165, 1.54) is 18.5 Å². The number of anilines is 1. The molecule has 3 atom stereocenters. The van der Waals surface area contributed by atoms with E-state index in [0.29, 0.717) is 34.7 Å². The number of nitrogens with zero attached hydrogens (tertiary/aromatic N) is 3. The summed E-state index contributed by atoms with van der Waals surface area (Å²) in [7, 11) is 0. The van der Waals surface area contributed by atoms with Gasteiger partial charge in [-0.15, -0.1) is 0 Å². The van der Waals surface area contributed by atoms with E-state index >= 15 is 0 Å². The van der Waals surface area contributed by atoms with Gasteiger partial charge in [0, 0.05) is 37.2 Å². The average molecular weight is 475 g/mol. The number of carbonyl (C=O) groups excluding carboxylic acids is 1. The molecule has 0 aliphatic carbocycles. The highest BCUT2D eigenvalue weighted by Crippen LogP contribution is 2.38. The number of nitrogen functional groups attached to an aromatic ring is 1. The van der Waals surface area contributed by atoms with Crippen LogP contribution in [-0.2, 0) is 0 Å². The van der Waals surface area contributed by atoms with E-state index in [9.17, 15) is 9.18 Å². The lowest BCUT2D eigenvalue weighted by molar-refractivity contribution is 0.0768. The quantitative estimate of drug-likeness (QED) is 0.572. The van der Waals surface area contributed by atoms with Gasteiger partial charge in [-0.3, -0.25) is 9.78 Å². The van der Waals surface area contributed by atoms with Crippen LogP contribution in [0.2, 0.25) is 10.0 Å². The lowest BCUT2D eigenvalue weighted by Crippen LogP contribution is -2.32. The predicted molar refractivity (Wildman–Crippen MR) is 122 cm³/mol. The van der Waals surface area contributed by atoms with Crippen LogP contribution in [-0.4, -0.2) is 40.0 Å². The molecule has 2 N–H and O–H groups in total. The third kappa shape index (κ3) is 4.79. The zero-order chi connectivity index (χ0) is 22.8. The average Bonchev–Trinajstić information content (AvgIpc) is 3.22. The van der Waals surface area contributed by atoms with Crippen LogP contribution in [0.1, 0.15) is 28.8 Å². The van der Waals surface area contributed by atoms with E-state index in [1.807, 2.05) is 19.1 Å². The first kappa shape index (κ1) is 22.3. The Bertz CT molecular complexity index is 1130. The van der Waals surface area contributed by atoms with Gasteiger partial charge in [0.25, 0.3) is 5.91 Å². The van der Waals surface area contributed by atoms with Crippen molar-refractivity contribution in [2.75, 3.05) is 18.8 Å². The van der Waals surface area contributed by atoms with E-state index in [-0.39, 0.29) is 29.4 Å². The number of hydrogen-bond donors (Lipinski definition) is 1. The number of amides is 1. The second-order valence-electron chi connectivity index (χ2n) is 7.80. The number of aromatic nitrogens is 2. The monoisotopic (exact) mass is 474 g/mol. The molecule has 1 saturated heterocycles. The molecule has 4 rings (SSSR count). The largest absolute Gasteiger partial charge is 0.474 e. The minimum absolute atomic E-state index is 0.0704. The number of nitrogens with two attached hydrogens (primary N) is 1. The molecule has 166 valence electrons. The molecule has 0 bridgehead atoms. The van der Waals surface area contributed by atoms with E-state index in [2.05, 4.69) is 9.97 Å². The van der Waals surface area contributed by atoms with Gasteiger partial charge in [0.2, 0.25) is 5.88 Å². The maximum Gasteiger partial charge on any atom is 0.255 e. The third-order valence-corrected chi connectivity index (χ3v) is 6.38. The number of rotatable bonds is 5. The summed E-state index contributed by atoms with van der Waals surface area (Å²) < 4.78 is 19.7. The molecule has 1 aromatic carbocycles. The molecule has 1 fully saturated rings. The molecule has 3 heterocycles. The Morgan fingerprint density at radius 2 is 1.97 bits per heavy atom. The fourth-order valence-corrected chi connectivity index (χ4v) is 4.32. The molecule has 2 aromatic heterocycles. The van der Waals surface area contributed by atoms with Crippen LogP contribution in [0.3, 0.4) is 0 Å². The summed E-state index contributed by atoms with van der Waals surface area (Å²) in [5, 5.41) is 0.898. The van der Waals surface area contributed by atoms with Gasteiger partial charge < -0.3 is 15.4 Å². The number of benzene rings is 1. The van der Waals surface area contributed by atoms with Crippen molar-refractivity contribution in [3.8, 4) is 5.88 Å². The summed E-state index contributed by atoms with van der Waals surface area (Å²) in [5.74, 6) is -0.545. The number of ether oxygens (including phenoxy) is 1. The molecule has 1 aliphatic rings. The van der Waals surface area contributed by atoms with Gasteiger partial charge in [0.15, 0.2) is 0 Å². The maximum atomic E-state index is 13.6. The number of carbonyl (C=O) groups is 1. The summed E-state index contributed by atoms with van der Waals surface area (Å²) in [5.41, 5.74) is 7.39. The second kappa shape index (κ2) is 9.30. The lowest BCUT2D eigenvalue weighted by atomic mass is 9.86. The smallest absolute Gasteiger partial charge is 0.255 e. The first-order chi connectivity index (χ1) is 15.3. The molecule has 0 radical (unpaired) electrons. The maximum absolute atomic E-state index is 13.6. The Balaban J connectivity index is 1.61. The standard InChI is InChI=1S/C23H21Cl2FN4O2/c1-13(32-22-5-3-17(27)10-29-22)18-11-30(23(31)15-6-16(26)9-28-8-15)12-19(18)14-2-4-20(24)21(25)7-14/h2-10,13,18-19H,11-12,27H2,1H3/t13-,18+,19+/m0/s1. The van der Waals surface area contributed by atoms with E-state index in [0.717, 1.165) is 11.8 Å². The van der Waals surface area contributed by atoms with Crippen molar-refractivity contribution >= 4 is 34.8 Å². The highest BCUT2D eigenvalue weighted by molar-refractivity contribution is 6.42. The molecule has 1 amide bonds. The number of halogens is 3. The van der Waals surface area contributed by atoms with Gasteiger partial charge in [-0.05, 0) is 36.8 Å². The highest BCUT2D eigenvalue weighted by atomic mass is 35.5. The molecule has 0 unspecified atom stereocenters. The van der Waals surface area contributed by atoms with Crippen molar-refractivity contribution in [2.24, 2.45) is 5.92 Å². The molecule has 32 heavy (non-hydrogen) atoms. The Hall–Kier alpha value is -2.90. The molecule has 3 aromatic rings. The van der Waals surface area contributed by atoms with Crippen molar-refractivity contribution in [3.05, 3.63) is 82.0 Å². The van der Waals surface area contributed by atoms with Gasteiger partial charge in [-0.2, -0.15) is 0 Å². The molecule has 0 spiro atoms. The summed E-state index contributed by atoms with van der Waals surface area (Å²) >= 11 is 12.4. The summed E-state index contributed by atoms with van der Waals surface area (Å²) in [4.78, 5) is 22.8. The Kier molecular flexibility index (Phi) is 6.48. The van der Waals surface area contributed by atoms with Gasteiger partial charge in [0.05, 0.1) is 33.7 Å². The molecule has 6 nitrogen and oxygen atoms in total.